The minimum atomic E-state index is -3.01. The van der Waals surface area contributed by atoms with E-state index in [0.29, 0.717) is 22.6 Å². The van der Waals surface area contributed by atoms with E-state index in [2.05, 4.69) is 20.2 Å². The number of hydrogen-bond acceptors (Lipinski definition) is 10. The average Bonchev–Trinajstić information content (AvgIpc) is 3.50. The van der Waals surface area contributed by atoms with E-state index in [1.165, 1.54) is 37.4 Å². The lowest BCUT2D eigenvalue weighted by Crippen LogP contribution is -2.30. The number of nitrogens with one attached hydrogen (secondary N) is 1. The molecule has 0 radical (unpaired) electrons. The summed E-state index contributed by atoms with van der Waals surface area (Å²) in [6.45, 7) is -3.66. The fourth-order valence-electron chi connectivity index (χ4n) is 2.92. The number of carbonyl (C=O) groups is 2. The summed E-state index contributed by atoms with van der Waals surface area (Å²) < 4.78 is 54.7. The third-order valence-corrected chi connectivity index (χ3v) is 4.49. The summed E-state index contributed by atoms with van der Waals surface area (Å²) in [6, 6.07) is 8.74. The monoisotopic (exact) mass is 477 g/mol. The van der Waals surface area contributed by atoms with Crippen molar-refractivity contribution >= 4 is 11.9 Å². The molecule has 0 unspecified atom stereocenters. The maximum absolute atomic E-state index is 12.5. The molecule has 2 aromatic carbocycles. The normalized spacial score (nSPS) is 11.9. The SMILES string of the molecule is COc1cc(-c2noc(COC(=O)CNC(=O)c3ccc4c(c3)OCO4)n2)ccc1OC(F)F. The molecule has 0 saturated heterocycles. The zero-order valence-electron chi connectivity index (χ0n) is 17.6. The lowest BCUT2D eigenvalue weighted by atomic mass is 10.2. The Morgan fingerprint density at radius 1 is 1.12 bits per heavy atom. The molecule has 1 aliphatic heterocycles. The Labute approximate surface area is 190 Å². The zero-order valence-corrected chi connectivity index (χ0v) is 17.6. The zero-order chi connectivity index (χ0) is 24.1. The number of rotatable bonds is 9. The van der Waals surface area contributed by atoms with Gasteiger partial charge in [0, 0.05) is 11.1 Å². The average molecular weight is 477 g/mol. The number of aromatic nitrogens is 2. The van der Waals surface area contributed by atoms with Crippen molar-refractivity contribution in [3.8, 4) is 34.4 Å². The highest BCUT2D eigenvalue weighted by molar-refractivity contribution is 5.96. The molecular weight excluding hydrogens is 460 g/mol. The van der Waals surface area contributed by atoms with Crippen molar-refractivity contribution in [3.63, 3.8) is 0 Å². The van der Waals surface area contributed by atoms with Gasteiger partial charge in [0.25, 0.3) is 11.8 Å². The second-order valence-electron chi connectivity index (χ2n) is 6.67. The van der Waals surface area contributed by atoms with Gasteiger partial charge < -0.3 is 33.5 Å². The molecule has 0 saturated carbocycles. The molecule has 0 aliphatic carbocycles. The Bertz CT molecular complexity index is 1200. The van der Waals surface area contributed by atoms with Gasteiger partial charge in [-0.05, 0) is 36.4 Å². The summed E-state index contributed by atoms with van der Waals surface area (Å²) >= 11 is 0. The van der Waals surface area contributed by atoms with Crippen molar-refractivity contribution in [3.05, 3.63) is 47.9 Å². The number of benzene rings is 2. The highest BCUT2D eigenvalue weighted by Gasteiger charge is 2.18. The van der Waals surface area contributed by atoms with Gasteiger partial charge in [0.1, 0.15) is 6.54 Å². The predicted octanol–water partition coefficient (Wildman–Crippen LogP) is 2.55. The van der Waals surface area contributed by atoms with Crippen molar-refractivity contribution in [2.75, 3.05) is 20.4 Å². The summed E-state index contributed by atoms with van der Waals surface area (Å²) in [5.74, 6) is -0.258. The maximum Gasteiger partial charge on any atom is 0.387 e. The van der Waals surface area contributed by atoms with Crippen LogP contribution in [-0.4, -0.2) is 49.1 Å². The molecule has 0 spiro atoms. The first kappa shape index (κ1) is 22.8. The molecule has 2 heterocycles. The lowest BCUT2D eigenvalue weighted by molar-refractivity contribution is -0.144. The molecular formula is C21H17F2N3O8. The molecule has 0 bridgehead atoms. The van der Waals surface area contributed by atoms with Crippen LogP contribution in [0.2, 0.25) is 0 Å². The van der Waals surface area contributed by atoms with Crippen molar-refractivity contribution in [2.24, 2.45) is 0 Å². The highest BCUT2D eigenvalue weighted by atomic mass is 19.3. The molecule has 1 N–H and O–H groups in total. The van der Waals surface area contributed by atoms with Crippen LogP contribution in [0.3, 0.4) is 0 Å². The number of amides is 1. The maximum atomic E-state index is 12.5. The number of hydrogen-bond donors (Lipinski definition) is 1. The van der Waals surface area contributed by atoms with Gasteiger partial charge >= 0.3 is 12.6 Å². The minimum absolute atomic E-state index is 0.0164. The van der Waals surface area contributed by atoms with E-state index < -0.39 is 25.0 Å². The topological polar surface area (TPSA) is 131 Å². The van der Waals surface area contributed by atoms with Gasteiger partial charge in [0.2, 0.25) is 12.6 Å². The standard InChI is InChI=1S/C21H17F2N3O8/c1-29-15-6-11(2-5-14(15)33-21(22)23)19-25-17(34-26-19)9-30-18(27)8-24-20(28)12-3-4-13-16(7-12)32-10-31-13/h2-7,21H,8-10H2,1H3,(H,24,28). The molecule has 11 nitrogen and oxygen atoms in total. The summed E-state index contributed by atoms with van der Waals surface area (Å²) in [5.41, 5.74) is 0.690. The molecule has 13 heteroatoms. The summed E-state index contributed by atoms with van der Waals surface area (Å²) in [4.78, 5) is 28.2. The molecule has 1 aromatic heterocycles. The molecule has 3 aromatic rings. The number of methoxy groups -OCH3 is 1. The molecule has 34 heavy (non-hydrogen) atoms. The minimum Gasteiger partial charge on any atom is -0.493 e. The Balaban J connectivity index is 1.29. The fraction of sp³-hybridized carbons (Fsp3) is 0.238. The smallest absolute Gasteiger partial charge is 0.387 e. The quantitative estimate of drug-likeness (QED) is 0.459. The molecule has 0 fully saturated rings. The first-order valence-corrected chi connectivity index (χ1v) is 9.72. The van der Waals surface area contributed by atoms with Crippen LogP contribution in [0, 0.1) is 0 Å². The number of esters is 1. The van der Waals surface area contributed by atoms with E-state index in [4.69, 9.17) is 23.5 Å². The molecule has 1 amide bonds. The van der Waals surface area contributed by atoms with Gasteiger partial charge in [0.05, 0.1) is 7.11 Å². The number of fused-ring (bicyclic) bond motifs is 1. The second-order valence-corrected chi connectivity index (χ2v) is 6.67. The van der Waals surface area contributed by atoms with Crippen LogP contribution in [-0.2, 0) is 16.1 Å². The van der Waals surface area contributed by atoms with Gasteiger partial charge in [-0.2, -0.15) is 13.8 Å². The first-order chi connectivity index (χ1) is 16.4. The van der Waals surface area contributed by atoms with Crippen molar-refractivity contribution in [1.29, 1.82) is 0 Å². The highest BCUT2D eigenvalue weighted by Crippen LogP contribution is 2.33. The van der Waals surface area contributed by atoms with Crippen molar-refractivity contribution in [2.45, 2.75) is 13.2 Å². The van der Waals surface area contributed by atoms with E-state index in [1.54, 1.807) is 6.07 Å². The van der Waals surface area contributed by atoms with Crippen LogP contribution in [0.1, 0.15) is 16.2 Å². The molecule has 178 valence electrons. The molecule has 4 rings (SSSR count). The van der Waals surface area contributed by atoms with Crippen LogP contribution < -0.4 is 24.3 Å². The number of carbonyl (C=O) groups excluding carboxylic acids is 2. The third-order valence-electron chi connectivity index (χ3n) is 4.49. The van der Waals surface area contributed by atoms with Crippen LogP contribution >= 0.6 is 0 Å². The fourth-order valence-corrected chi connectivity index (χ4v) is 2.92. The predicted molar refractivity (Wildman–Crippen MR) is 108 cm³/mol. The number of halogens is 2. The number of nitrogens with zero attached hydrogens (tertiary/aromatic N) is 2. The van der Waals surface area contributed by atoms with Gasteiger partial charge in [-0.25, -0.2) is 0 Å². The second kappa shape index (κ2) is 10.0. The summed E-state index contributed by atoms with van der Waals surface area (Å²) in [7, 11) is 1.30. The van der Waals surface area contributed by atoms with Gasteiger partial charge in [-0.3, -0.25) is 9.59 Å². The lowest BCUT2D eigenvalue weighted by Gasteiger charge is -2.10. The Morgan fingerprint density at radius 2 is 1.94 bits per heavy atom. The summed E-state index contributed by atoms with van der Waals surface area (Å²) in [6.07, 6.45) is 0. The van der Waals surface area contributed by atoms with E-state index in [9.17, 15) is 18.4 Å². The first-order valence-electron chi connectivity index (χ1n) is 9.72. The van der Waals surface area contributed by atoms with Gasteiger partial charge in [-0.1, -0.05) is 5.16 Å². The van der Waals surface area contributed by atoms with E-state index >= 15 is 0 Å². The van der Waals surface area contributed by atoms with E-state index in [1.807, 2.05) is 0 Å². The van der Waals surface area contributed by atoms with Crippen LogP contribution in [0.4, 0.5) is 8.78 Å². The van der Waals surface area contributed by atoms with E-state index in [-0.39, 0.29) is 36.6 Å². The van der Waals surface area contributed by atoms with Gasteiger partial charge in [-0.15, -0.1) is 0 Å². The Kier molecular flexibility index (Phi) is 6.71. The van der Waals surface area contributed by atoms with Crippen molar-refractivity contribution < 1.29 is 46.6 Å². The molecule has 0 atom stereocenters. The van der Waals surface area contributed by atoms with Gasteiger partial charge in [0.15, 0.2) is 29.6 Å². The third kappa shape index (κ3) is 5.31. The Hall–Kier alpha value is -4.42. The van der Waals surface area contributed by atoms with Crippen LogP contribution in [0.15, 0.2) is 40.9 Å². The van der Waals surface area contributed by atoms with Crippen LogP contribution in [0.25, 0.3) is 11.4 Å². The Morgan fingerprint density at radius 3 is 2.74 bits per heavy atom. The number of ether oxygens (including phenoxy) is 5. The summed E-state index contributed by atoms with van der Waals surface area (Å²) in [5, 5.41) is 6.19. The van der Waals surface area contributed by atoms with E-state index in [0.717, 1.165) is 0 Å². The number of alkyl halides is 2. The largest absolute Gasteiger partial charge is 0.493 e. The van der Waals surface area contributed by atoms with Crippen LogP contribution in [0.5, 0.6) is 23.0 Å². The van der Waals surface area contributed by atoms with Crippen molar-refractivity contribution in [1.82, 2.24) is 15.5 Å². The molecule has 1 aliphatic rings.